The highest BCUT2D eigenvalue weighted by atomic mass is 35.5. The molecule has 2 aromatic carbocycles. The van der Waals surface area contributed by atoms with Crippen molar-refractivity contribution in [3.05, 3.63) is 59.1 Å². The van der Waals surface area contributed by atoms with Gasteiger partial charge in [0.25, 0.3) is 0 Å². The van der Waals surface area contributed by atoms with Crippen molar-refractivity contribution in [1.82, 2.24) is 0 Å². The Morgan fingerprint density at radius 2 is 1.62 bits per heavy atom. The molecule has 2 rings (SSSR count). The molecule has 0 aliphatic rings. The first-order valence-corrected chi connectivity index (χ1v) is 5.25. The van der Waals surface area contributed by atoms with Gasteiger partial charge in [-0.3, -0.25) is 5.41 Å². The van der Waals surface area contributed by atoms with E-state index in [9.17, 15) is 0 Å². The zero-order chi connectivity index (χ0) is 11.5. The van der Waals surface area contributed by atoms with Gasteiger partial charge in [-0.1, -0.05) is 54.1 Å². The first kappa shape index (κ1) is 10.7. The molecular weight excluding hydrogens is 220 g/mol. The van der Waals surface area contributed by atoms with E-state index < -0.39 is 0 Å². The Hall–Kier alpha value is -1.80. The smallest absolute Gasteiger partial charge is 0.122 e. The molecule has 2 aromatic rings. The van der Waals surface area contributed by atoms with Gasteiger partial charge in [0, 0.05) is 16.1 Å². The predicted octanol–water partition coefficient (Wildman–Crippen LogP) is 3.29. The molecule has 0 fully saturated rings. The van der Waals surface area contributed by atoms with E-state index in [1.54, 1.807) is 0 Å². The van der Waals surface area contributed by atoms with Crippen LogP contribution in [0.25, 0.3) is 11.1 Å². The van der Waals surface area contributed by atoms with Gasteiger partial charge in [0.1, 0.15) is 5.84 Å². The van der Waals surface area contributed by atoms with Gasteiger partial charge < -0.3 is 5.73 Å². The van der Waals surface area contributed by atoms with Crippen molar-refractivity contribution in [3.8, 4) is 11.1 Å². The van der Waals surface area contributed by atoms with E-state index in [1.807, 2.05) is 48.5 Å². The summed E-state index contributed by atoms with van der Waals surface area (Å²) >= 11 is 6.09. The largest absolute Gasteiger partial charge is 0.384 e. The maximum absolute atomic E-state index is 7.30. The summed E-state index contributed by atoms with van der Waals surface area (Å²) in [5.41, 5.74) is 8.12. The van der Waals surface area contributed by atoms with Crippen LogP contribution in [0.15, 0.2) is 48.5 Å². The average Bonchev–Trinajstić information content (AvgIpc) is 2.30. The van der Waals surface area contributed by atoms with Gasteiger partial charge in [-0.25, -0.2) is 0 Å². The molecule has 80 valence electrons. The van der Waals surface area contributed by atoms with Crippen LogP contribution in [0.5, 0.6) is 0 Å². The number of nitrogens with two attached hydrogens (primary N) is 1. The van der Waals surface area contributed by atoms with Gasteiger partial charge in [0.15, 0.2) is 0 Å². The van der Waals surface area contributed by atoms with Crippen molar-refractivity contribution < 1.29 is 0 Å². The summed E-state index contributed by atoms with van der Waals surface area (Å²) in [6.07, 6.45) is 0. The zero-order valence-corrected chi connectivity index (χ0v) is 9.33. The molecule has 0 aromatic heterocycles. The lowest BCUT2D eigenvalue weighted by atomic mass is 10.0. The third-order valence-corrected chi connectivity index (χ3v) is 2.71. The quantitative estimate of drug-likeness (QED) is 0.604. The van der Waals surface area contributed by atoms with Crippen LogP contribution in [0.2, 0.25) is 5.02 Å². The molecule has 2 nitrogen and oxygen atoms in total. The van der Waals surface area contributed by atoms with E-state index in [-0.39, 0.29) is 5.84 Å². The minimum atomic E-state index is 0.0747. The van der Waals surface area contributed by atoms with Crippen LogP contribution in [-0.4, -0.2) is 5.84 Å². The Labute approximate surface area is 99.2 Å². The lowest BCUT2D eigenvalue weighted by Crippen LogP contribution is -2.10. The second-order valence-electron chi connectivity index (χ2n) is 3.47. The molecule has 0 saturated carbocycles. The number of hydrogen-bond donors (Lipinski definition) is 2. The van der Waals surface area contributed by atoms with Gasteiger partial charge in [-0.05, 0) is 11.6 Å². The molecule has 0 unspecified atom stereocenters. The first-order chi connectivity index (χ1) is 7.68. The number of nitrogens with one attached hydrogen (secondary N) is 1. The number of benzene rings is 2. The molecule has 0 atom stereocenters. The van der Waals surface area contributed by atoms with Crippen LogP contribution < -0.4 is 5.73 Å². The standard InChI is InChI=1S/C13H11ClN2/c14-12-4-2-1-3-11(12)9-5-7-10(8-6-9)13(15)16/h1-8H,(H3,15,16). The van der Waals surface area contributed by atoms with E-state index in [0.717, 1.165) is 21.7 Å². The van der Waals surface area contributed by atoms with E-state index in [2.05, 4.69) is 0 Å². The lowest BCUT2D eigenvalue weighted by molar-refractivity contribution is 1.42. The minimum Gasteiger partial charge on any atom is -0.384 e. The van der Waals surface area contributed by atoms with Crippen LogP contribution in [0.4, 0.5) is 0 Å². The molecular formula is C13H11ClN2. The van der Waals surface area contributed by atoms with Crippen molar-refractivity contribution in [2.75, 3.05) is 0 Å². The second-order valence-corrected chi connectivity index (χ2v) is 3.88. The number of hydrogen-bond acceptors (Lipinski definition) is 1. The minimum absolute atomic E-state index is 0.0747. The maximum atomic E-state index is 7.30. The van der Waals surface area contributed by atoms with Crippen molar-refractivity contribution >= 4 is 17.4 Å². The molecule has 0 radical (unpaired) electrons. The highest BCUT2D eigenvalue weighted by Crippen LogP contribution is 2.27. The molecule has 0 aliphatic heterocycles. The number of rotatable bonds is 2. The topological polar surface area (TPSA) is 49.9 Å². The molecule has 3 N–H and O–H groups in total. The Kier molecular flexibility index (Phi) is 2.93. The SMILES string of the molecule is N=C(N)c1ccc(-c2ccccc2Cl)cc1. The van der Waals surface area contributed by atoms with E-state index in [1.165, 1.54) is 0 Å². The summed E-state index contributed by atoms with van der Waals surface area (Å²) in [5, 5.41) is 8.02. The Morgan fingerprint density at radius 3 is 2.19 bits per heavy atom. The van der Waals surface area contributed by atoms with Gasteiger partial charge in [-0.2, -0.15) is 0 Å². The van der Waals surface area contributed by atoms with Gasteiger partial charge in [0.2, 0.25) is 0 Å². The lowest BCUT2D eigenvalue weighted by Gasteiger charge is -2.05. The van der Waals surface area contributed by atoms with Crippen molar-refractivity contribution in [2.45, 2.75) is 0 Å². The van der Waals surface area contributed by atoms with Crippen LogP contribution in [-0.2, 0) is 0 Å². The summed E-state index contributed by atoms with van der Waals surface area (Å²) in [6, 6.07) is 15.1. The number of amidine groups is 1. The molecule has 0 saturated heterocycles. The summed E-state index contributed by atoms with van der Waals surface area (Å²) in [5.74, 6) is 0.0747. The van der Waals surface area contributed by atoms with Crippen LogP contribution in [0.1, 0.15) is 5.56 Å². The van der Waals surface area contributed by atoms with Gasteiger partial charge in [-0.15, -0.1) is 0 Å². The fourth-order valence-corrected chi connectivity index (χ4v) is 1.77. The summed E-state index contributed by atoms with van der Waals surface area (Å²) in [7, 11) is 0. The summed E-state index contributed by atoms with van der Waals surface area (Å²) in [6.45, 7) is 0. The molecule has 3 heteroatoms. The molecule has 0 spiro atoms. The van der Waals surface area contributed by atoms with E-state index >= 15 is 0 Å². The Balaban J connectivity index is 2.43. The normalized spacial score (nSPS) is 10.1. The average molecular weight is 231 g/mol. The second kappa shape index (κ2) is 4.37. The highest BCUT2D eigenvalue weighted by molar-refractivity contribution is 6.33. The summed E-state index contributed by atoms with van der Waals surface area (Å²) in [4.78, 5) is 0. The van der Waals surface area contributed by atoms with Crippen LogP contribution >= 0.6 is 11.6 Å². The van der Waals surface area contributed by atoms with Crippen molar-refractivity contribution in [3.63, 3.8) is 0 Å². The number of halogens is 1. The maximum Gasteiger partial charge on any atom is 0.122 e. The van der Waals surface area contributed by atoms with E-state index in [4.69, 9.17) is 22.7 Å². The molecule has 0 bridgehead atoms. The zero-order valence-electron chi connectivity index (χ0n) is 8.57. The molecule has 16 heavy (non-hydrogen) atoms. The molecule has 0 heterocycles. The van der Waals surface area contributed by atoms with Crippen LogP contribution in [0, 0.1) is 5.41 Å². The van der Waals surface area contributed by atoms with Crippen molar-refractivity contribution in [1.29, 1.82) is 5.41 Å². The first-order valence-electron chi connectivity index (χ1n) is 4.88. The van der Waals surface area contributed by atoms with Crippen molar-refractivity contribution in [2.24, 2.45) is 5.73 Å². The Morgan fingerprint density at radius 1 is 1.00 bits per heavy atom. The Bertz CT molecular complexity index is 518. The van der Waals surface area contributed by atoms with Gasteiger partial charge >= 0.3 is 0 Å². The highest BCUT2D eigenvalue weighted by Gasteiger charge is 2.02. The number of nitrogen functional groups attached to an aromatic ring is 1. The molecule has 0 aliphatic carbocycles. The monoisotopic (exact) mass is 230 g/mol. The summed E-state index contributed by atoms with van der Waals surface area (Å²) < 4.78 is 0. The third-order valence-electron chi connectivity index (χ3n) is 2.38. The van der Waals surface area contributed by atoms with Crippen LogP contribution in [0.3, 0.4) is 0 Å². The predicted molar refractivity (Wildman–Crippen MR) is 67.9 cm³/mol. The fraction of sp³-hybridized carbons (Fsp3) is 0. The molecule has 0 amide bonds. The van der Waals surface area contributed by atoms with Gasteiger partial charge in [0.05, 0.1) is 0 Å². The fourth-order valence-electron chi connectivity index (χ4n) is 1.52. The third kappa shape index (κ3) is 2.07. The van der Waals surface area contributed by atoms with E-state index in [0.29, 0.717) is 0 Å².